The zero-order valence-corrected chi connectivity index (χ0v) is 22.7. The number of hydrogen-bond donors (Lipinski definition) is 5. The molecule has 0 bridgehead atoms. The van der Waals surface area contributed by atoms with E-state index in [2.05, 4.69) is 10.2 Å². The zero-order valence-electron chi connectivity index (χ0n) is 21.9. The van der Waals surface area contributed by atoms with E-state index in [1.54, 1.807) is 29.2 Å². The summed E-state index contributed by atoms with van der Waals surface area (Å²) < 4.78 is 30.0. The van der Waals surface area contributed by atoms with E-state index in [1.807, 2.05) is 6.07 Å². The second kappa shape index (κ2) is 17.1. The molecule has 1 atom stereocenters. The molecule has 0 fully saturated rings. The number of carbonyl (C=O) groups is 1. The number of aryl methyl sites for hydroxylation is 1. The summed E-state index contributed by atoms with van der Waals surface area (Å²) in [6, 6.07) is 11.2. The number of hydrogen-bond acceptors (Lipinski definition) is 9. The monoisotopic (exact) mass is 552 g/mol. The first-order chi connectivity index (χ1) is 18.2. The van der Waals surface area contributed by atoms with Gasteiger partial charge in [-0.1, -0.05) is 37.5 Å². The SMILES string of the molecule is CC(=O)ONS(=O)(=O)c1cccc(CCCOCCCCCCCNC[C@@H](O)c2ccc(O)c(CO)c2)c1. The average molecular weight is 553 g/mol. The third kappa shape index (κ3) is 11.9. The summed E-state index contributed by atoms with van der Waals surface area (Å²) in [6.45, 7) is 3.34. The van der Waals surface area contributed by atoms with Crippen molar-refractivity contribution in [2.24, 2.45) is 0 Å². The van der Waals surface area contributed by atoms with Crippen LogP contribution in [0.2, 0.25) is 0 Å². The van der Waals surface area contributed by atoms with Crippen LogP contribution in [0.3, 0.4) is 0 Å². The van der Waals surface area contributed by atoms with Crippen LogP contribution >= 0.6 is 0 Å². The summed E-state index contributed by atoms with van der Waals surface area (Å²) in [6.07, 6.45) is 6.01. The lowest BCUT2D eigenvalue weighted by Crippen LogP contribution is -2.26. The molecule has 0 saturated heterocycles. The number of aromatic hydroxyl groups is 1. The van der Waals surface area contributed by atoms with Crippen molar-refractivity contribution in [1.29, 1.82) is 0 Å². The quantitative estimate of drug-likeness (QED) is 0.131. The smallest absolute Gasteiger partial charge is 0.323 e. The van der Waals surface area contributed by atoms with Crippen molar-refractivity contribution in [3.8, 4) is 5.75 Å². The molecule has 0 aromatic heterocycles. The molecule has 38 heavy (non-hydrogen) atoms. The largest absolute Gasteiger partial charge is 0.508 e. The maximum atomic E-state index is 12.1. The molecule has 2 aromatic carbocycles. The Balaban J connectivity index is 1.47. The van der Waals surface area contributed by atoms with Crippen LogP contribution in [0.5, 0.6) is 5.75 Å². The number of aliphatic hydroxyl groups is 2. The van der Waals surface area contributed by atoms with Gasteiger partial charge in [0.2, 0.25) is 0 Å². The van der Waals surface area contributed by atoms with Gasteiger partial charge < -0.3 is 30.2 Å². The first-order valence-electron chi connectivity index (χ1n) is 12.9. The summed E-state index contributed by atoms with van der Waals surface area (Å²) in [5, 5.41) is 32.3. The third-order valence-electron chi connectivity index (χ3n) is 5.90. The van der Waals surface area contributed by atoms with Crippen LogP contribution in [0.1, 0.15) is 68.2 Å². The van der Waals surface area contributed by atoms with Gasteiger partial charge in [-0.25, -0.2) is 8.42 Å². The molecule has 5 N–H and O–H groups in total. The lowest BCUT2D eigenvalue weighted by molar-refractivity contribution is -0.144. The number of aliphatic hydroxyl groups excluding tert-OH is 2. The number of sulfonamides is 1. The molecule has 0 unspecified atom stereocenters. The van der Waals surface area contributed by atoms with Gasteiger partial charge in [0.15, 0.2) is 0 Å². The molecule has 0 radical (unpaired) electrons. The molecule has 0 saturated carbocycles. The van der Waals surface area contributed by atoms with Crippen LogP contribution in [0, 0.1) is 0 Å². The first-order valence-corrected chi connectivity index (χ1v) is 14.4. The van der Waals surface area contributed by atoms with Crippen molar-refractivity contribution in [3.63, 3.8) is 0 Å². The summed E-state index contributed by atoms with van der Waals surface area (Å²) >= 11 is 0. The van der Waals surface area contributed by atoms with E-state index in [0.29, 0.717) is 37.3 Å². The van der Waals surface area contributed by atoms with E-state index in [0.717, 1.165) is 57.6 Å². The third-order valence-corrected chi connectivity index (χ3v) is 7.07. The van der Waals surface area contributed by atoms with E-state index in [4.69, 9.17) is 4.74 Å². The molecule has 0 aliphatic rings. The fourth-order valence-corrected chi connectivity index (χ4v) is 4.68. The van der Waals surface area contributed by atoms with Crippen molar-refractivity contribution in [2.75, 3.05) is 26.3 Å². The van der Waals surface area contributed by atoms with Gasteiger partial charge >= 0.3 is 5.97 Å². The molecule has 2 rings (SSSR count). The van der Waals surface area contributed by atoms with Crippen molar-refractivity contribution in [2.45, 2.75) is 69.5 Å². The van der Waals surface area contributed by atoms with Gasteiger partial charge in [-0.15, -0.1) is 0 Å². The van der Waals surface area contributed by atoms with Gasteiger partial charge in [-0.2, -0.15) is 0 Å². The average Bonchev–Trinajstić information content (AvgIpc) is 2.90. The van der Waals surface area contributed by atoms with Crippen molar-refractivity contribution in [1.82, 2.24) is 10.2 Å². The van der Waals surface area contributed by atoms with Crippen LogP contribution in [0.25, 0.3) is 0 Å². The number of benzene rings is 2. The molecular weight excluding hydrogens is 512 g/mol. The Morgan fingerprint density at radius 2 is 1.74 bits per heavy atom. The van der Waals surface area contributed by atoms with Crippen molar-refractivity contribution in [3.05, 3.63) is 59.2 Å². The van der Waals surface area contributed by atoms with Crippen LogP contribution in [0.15, 0.2) is 47.4 Å². The molecule has 0 amide bonds. The second-order valence-corrected chi connectivity index (χ2v) is 10.7. The van der Waals surface area contributed by atoms with Crippen LogP contribution < -0.4 is 10.2 Å². The van der Waals surface area contributed by atoms with Crippen molar-refractivity contribution >= 4 is 16.0 Å². The number of phenols is 1. The summed E-state index contributed by atoms with van der Waals surface area (Å²) in [4.78, 5) is 17.1. The summed E-state index contributed by atoms with van der Waals surface area (Å²) in [5.41, 5.74) is 1.92. The van der Waals surface area contributed by atoms with Crippen LogP contribution in [-0.2, 0) is 37.4 Å². The van der Waals surface area contributed by atoms with Gasteiger partial charge in [-0.05, 0) is 72.5 Å². The van der Waals surface area contributed by atoms with Gasteiger partial charge in [0.1, 0.15) is 5.75 Å². The fraction of sp³-hybridized carbons (Fsp3) is 0.519. The predicted octanol–water partition coefficient (Wildman–Crippen LogP) is 2.86. The van der Waals surface area contributed by atoms with Gasteiger partial charge in [0, 0.05) is 32.2 Å². The summed E-state index contributed by atoms with van der Waals surface area (Å²) in [7, 11) is -3.91. The number of nitrogens with one attached hydrogen (secondary N) is 2. The van der Waals surface area contributed by atoms with Gasteiger partial charge in [-0.3, -0.25) is 4.79 Å². The Morgan fingerprint density at radius 3 is 2.50 bits per heavy atom. The number of carbonyl (C=O) groups excluding carboxylic acids is 1. The zero-order chi connectivity index (χ0) is 27.8. The Kier molecular flexibility index (Phi) is 14.3. The highest BCUT2D eigenvalue weighted by molar-refractivity contribution is 7.89. The summed E-state index contributed by atoms with van der Waals surface area (Å²) in [5.74, 6) is -0.715. The van der Waals surface area contributed by atoms with E-state index in [9.17, 15) is 28.5 Å². The highest BCUT2D eigenvalue weighted by atomic mass is 32.2. The normalized spacial score (nSPS) is 12.4. The number of ether oxygens (including phenoxy) is 1. The molecule has 0 aliphatic heterocycles. The minimum Gasteiger partial charge on any atom is -0.508 e. The van der Waals surface area contributed by atoms with Crippen LogP contribution in [-0.4, -0.2) is 56.0 Å². The Bertz CT molecular complexity index is 1090. The molecule has 212 valence electrons. The van der Waals surface area contributed by atoms with Crippen molar-refractivity contribution < 1.29 is 38.1 Å². The molecule has 2 aromatic rings. The molecule has 0 heterocycles. The Labute approximate surface area is 225 Å². The number of unbranched alkanes of at least 4 members (excludes halogenated alkanes) is 4. The maximum absolute atomic E-state index is 12.1. The highest BCUT2D eigenvalue weighted by Gasteiger charge is 2.16. The molecule has 10 nitrogen and oxygen atoms in total. The van der Waals surface area contributed by atoms with E-state index >= 15 is 0 Å². The maximum Gasteiger partial charge on any atom is 0.323 e. The Hall–Kier alpha value is -2.54. The lowest BCUT2D eigenvalue weighted by Gasteiger charge is -2.14. The molecular formula is C27H40N2O8S. The molecule has 11 heteroatoms. The minimum atomic E-state index is -3.91. The second-order valence-electron chi connectivity index (χ2n) is 9.08. The topological polar surface area (TPSA) is 154 Å². The minimum absolute atomic E-state index is 0.0236. The molecule has 0 spiro atoms. The van der Waals surface area contributed by atoms with E-state index in [1.165, 1.54) is 12.1 Å². The van der Waals surface area contributed by atoms with E-state index in [-0.39, 0.29) is 17.3 Å². The lowest BCUT2D eigenvalue weighted by atomic mass is 10.1. The number of rotatable bonds is 19. The highest BCUT2D eigenvalue weighted by Crippen LogP contribution is 2.22. The fourth-order valence-electron chi connectivity index (χ4n) is 3.79. The first kappa shape index (κ1) is 31.7. The van der Waals surface area contributed by atoms with Crippen LogP contribution in [0.4, 0.5) is 0 Å². The van der Waals surface area contributed by atoms with Gasteiger partial charge in [0.25, 0.3) is 10.0 Å². The Morgan fingerprint density at radius 1 is 1.00 bits per heavy atom. The standard InChI is InChI=1S/C27H40N2O8S/c1-21(31)37-29-38(34,35)25-11-7-9-22(17-25)10-8-16-36-15-6-4-2-3-5-14-28-19-27(33)23-12-13-26(32)24(18-23)20-30/h7,9,11-13,17-18,27-30,32-33H,2-6,8,10,14-16,19-20H2,1H3/t27-/m1/s1. The predicted molar refractivity (Wildman–Crippen MR) is 143 cm³/mol. The van der Waals surface area contributed by atoms with E-state index < -0.39 is 22.1 Å². The van der Waals surface area contributed by atoms with Gasteiger partial charge in [0.05, 0.1) is 17.6 Å². The molecule has 0 aliphatic carbocycles.